The summed E-state index contributed by atoms with van der Waals surface area (Å²) < 4.78 is 8.29. The van der Waals surface area contributed by atoms with Crippen molar-refractivity contribution >= 4 is 28.7 Å². The molecular weight excluding hydrogens is 334 g/mol. The van der Waals surface area contributed by atoms with Crippen molar-refractivity contribution in [2.75, 3.05) is 0 Å². The Morgan fingerprint density at radius 1 is 1.04 bits per heavy atom. The van der Waals surface area contributed by atoms with Gasteiger partial charge in [-0.25, -0.2) is 0 Å². The van der Waals surface area contributed by atoms with E-state index in [2.05, 4.69) is 24.0 Å². The molecule has 6 nitrogen and oxygen atoms in total. The molecule has 4 aromatic rings. The number of amides is 1. The van der Waals surface area contributed by atoms with Gasteiger partial charge in [-0.3, -0.25) is 14.8 Å². The third-order valence-corrected chi connectivity index (χ3v) is 4.31. The largest absolute Gasteiger partial charge is 0.348 e. The number of benzene rings is 1. The maximum atomic E-state index is 12.3. The van der Waals surface area contributed by atoms with E-state index in [0.29, 0.717) is 12.1 Å². The topological polar surface area (TPSA) is 80.7 Å². The van der Waals surface area contributed by atoms with E-state index in [1.807, 2.05) is 24.3 Å². The number of nitrogens with zero attached hydrogens (tertiary/aromatic N) is 4. The van der Waals surface area contributed by atoms with Crippen LogP contribution in [-0.2, 0) is 6.54 Å². The molecule has 0 spiro atoms. The normalized spacial score (nSPS) is 10.7. The highest BCUT2D eigenvalue weighted by atomic mass is 32.1. The lowest BCUT2D eigenvalue weighted by molar-refractivity contribution is 0.0951. The van der Waals surface area contributed by atoms with Crippen molar-refractivity contribution in [1.82, 2.24) is 24.0 Å². The number of hydrogen-bond acceptors (Lipinski definition) is 6. The minimum Gasteiger partial charge on any atom is -0.348 e. The van der Waals surface area contributed by atoms with Crippen LogP contribution in [0.5, 0.6) is 0 Å². The van der Waals surface area contributed by atoms with Gasteiger partial charge in [0.15, 0.2) is 0 Å². The molecule has 0 aliphatic carbocycles. The third kappa shape index (κ3) is 3.36. The summed E-state index contributed by atoms with van der Waals surface area (Å²) in [5, 5.41) is 2.90. The number of hydrogen-bond donors (Lipinski definition) is 1. The molecule has 0 radical (unpaired) electrons. The van der Waals surface area contributed by atoms with Crippen LogP contribution >= 0.6 is 11.7 Å². The summed E-state index contributed by atoms with van der Waals surface area (Å²) >= 11 is 1.14. The highest BCUT2D eigenvalue weighted by Gasteiger charge is 2.08. The van der Waals surface area contributed by atoms with Gasteiger partial charge in [-0.1, -0.05) is 6.07 Å². The van der Waals surface area contributed by atoms with E-state index < -0.39 is 0 Å². The number of carbonyl (C=O) groups is 1. The standard InChI is InChI=1S/C18H13N5OS/c24-18(13-4-6-16-17(8-13)23-25-22-16)21-10-12-3-5-15(20-9-12)14-2-1-7-19-11-14/h1-9,11H,10H2,(H,21,24). The van der Waals surface area contributed by atoms with Crippen molar-refractivity contribution in [1.29, 1.82) is 0 Å². The number of nitrogens with one attached hydrogen (secondary N) is 1. The molecule has 122 valence electrons. The lowest BCUT2D eigenvalue weighted by Gasteiger charge is -2.06. The molecule has 3 aromatic heterocycles. The van der Waals surface area contributed by atoms with Crippen molar-refractivity contribution in [3.05, 3.63) is 72.2 Å². The van der Waals surface area contributed by atoms with Gasteiger partial charge in [0, 0.05) is 36.3 Å². The van der Waals surface area contributed by atoms with E-state index in [1.165, 1.54) is 0 Å². The summed E-state index contributed by atoms with van der Waals surface area (Å²) in [7, 11) is 0. The number of carbonyl (C=O) groups excluding carboxylic acids is 1. The average molecular weight is 347 g/mol. The second-order valence-electron chi connectivity index (χ2n) is 5.44. The Hall–Kier alpha value is -3.19. The Morgan fingerprint density at radius 2 is 1.96 bits per heavy atom. The van der Waals surface area contributed by atoms with Gasteiger partial charge in [-0.15, -0.1) is 0 Å². The zero-order chi connectivity index (χ0) is 17.1. The summed E-state index contributed by atoms with van der Waals surface area (Å²) in [6.07, 6.45) is 5.26. The van der Waals surface area contributed by atoms with E-state index in [9.17, 15) is 4.79 Å². The number of fused-ring (bicyclic) bond motifs is 1. The molecular formula is C18H13N5OS. The van der Waals surface area contributed by atoms with E-state index in [1.54, 1.807) is 36.8 Å². The Morgan fingerprint density at radius 3 is 2.76 bits per heavy atom. The van der Waals surface area contributed by atoms with E-state index >= 15 is 0 Å². The number of aromatic nitrogens is 4. The van der Waals surface area contributed by atoms with Crippen molar-refractivity contribution in [2.24, 2.45) is 0 Å². The Labute approximate surface area is 147 Å². The van der Waals surface area contributed by atoms with Crippen molar-refractivity contribution < 1.29 is 4.79 Å². The van der Waals surface area contributed by atoms with Gasteiger partial charge in [0.1, 0.15) is 11.0 Å². The highest BCUT2D eigenvalue weighted by molar-refractivity contribution is 7.00. The first-order valence-corrected chi connectivity index (χ1v) is 8.38. The zero-order valence-corrected chi connectivity index (χ0v) is 13.9. The van der Waals surface area contributed by atoms with Gasteiger partial charge in [0.05, 0.1) is 17.4 Å². The molecule has 0 bridgehead atoms. The molecule has 0 saturated heterocycles. The predicted molar refractivity (Wildman–Crippen MR) is 96.1 cm³/mol. The van der Waals surface area contributed by atoms with E-state index in [0.717, 1.165) is 39.6 Å². The SMILES string of the molecule is O=C(NCc1ccc(-c2cccnc2)nc1)c1ccc2nsnc2c1. The number of pyridine rings is 2. The fourth-order valence-electron chi connectivity index (χ4n) is 2.42. The van der Waals surface area contributed by atoms with Crippen LogP contribution in [0.4, 0.5) is 0 Å². The first-order chi connectivity index (χ1) is 12.3. The van der Waals surface area contributed by atoms with Gasteiger partial charge in [0.25, 0.3) is 5.91 Å². The minimum absolute atomic E-state index is 0.147. The molecule has 0 aliphatic rings. The minimum atomic E-state index is -0.147. The van der Waals surface area contributed by atoms with Crippen LogP contribution in [0.1, 0.15) is 15.9 Å². The Kier molecular flexibility index (Phi) is 4.14. The molecule has 0 aliphatic heterocycles. The third-order valence-electron chi connectivity index (χ3n) is 3.75. The Balaban J connectivity index is 1.43. The van der Waals surface area contributed by atoms with Crippen molar-refractivity contribution in [2.45, 2.75) is 6.54 Å². The molecule has 7 heteroatoms. The quantitative estimate of drug-likeness (QED) is 0.613. The first kappa shape index (κ1) is 15.3. The monoisotopic (exact) mass is 347 g/mol. The van der Waals surface area contributed by atoms with Crippen molar-refractivity contribution in [3.63, 3.8) is 0 Å². The molecule has 0 saturated carbocycles. The van der Waals surface area contributed by atoms with Gasteiger partial charge >= 0.3 is 0 Å². The highest BCUT2D eigenvalue weighted by Crippen LogP contribution is 2.16. The van der Waals surface area contributed by atoms with Gasteiger partial charge in [-0.05, 0) is 42.0 Å². The van der Waals surface area contributed by atoms with Crippen LogP contribution in [-0.4, -0.2) is 24.6 Å². The van der Waals surface area contributed by atoms with Crippen molar-refractivity contribution in [3.8, 4) is 11.3 Å². The average Bonchev–Trinajstić information content (AvgIpc) is 3.15. The summed E-state index contributed by atoms with van der Waals surface area (Å²) in [5.74, 6) is -0.147. The molecule has 25 heavy (non-hydrogen) atoms. The van der Waals surface area contributed by atoms with Gasteiger partial charge in [0.2, 0.25) is 0 Å². The molecule has 0 fully saturated rings. The predicted octanol–water partition coefficient (Wildman–Crippen LogP) is 3.08. The molecule has 3 heterocycles. The molecule has 0 unspecified atom stereocenters. The lowest BCUT2D eigenvalue weighted by atomic mass is 10.1. The maximum Gasteiger partial charge on any atom is 0.251 e. The summed E-state index contributed by atoms with van der Waals surface area (Å²) in [6, 6.07) is 13.0. The maximum absolute atomic E-state index is 12.3. The van der Waals surface area contributed by atoms with Crippen LogP contribution in [0.25, 0.3) is 22.3 Å². The van der Waals surface area contributed by atoms with Crippen LogP contribution in [0.2, 0.25) is 0 Å². The van der Waals surface area contributed by atoms with Gasteiger partial charge < -0.3 is 5.32 Å². The number of rotatable bonds is 4. The van der Waals surface area contributed by atoms with E-state index in [-0.39, 0.29) is 5.91 Å². The summed E-state index contributed by atoms with van der Waals surface area (Å²) in [4.78, 5) is 20.8. The molecule has 4 rings (SSSR count). The van der Waals surface area contributed by atoms with Crippen LogP contribution < -0.4 is 5.32 Å². The molecule has 0 atom stereocenters. The van der Waals surface area contributed by atoms with Crippen LogP contribution in [0.15, 0.2) is 61.1 Å². The molecule has 1 amide bonds. The van der Waals surface area contributed by atoms with Gasteiger partial charge in [-0.2, -0.15) is 8.75 Å². The molecule has 1 aromatic carbocycles. The smallest absolute Gasteiger partial charge is 0.251 e. The lowest BCUT2D eigenvalue weighted by Crippen LogP contribution is -2.22. The second-order valence-corrected chi connectivity index (χ2v) is 5.97. The fraction of sp³-hybridized carbons (Fsp3) is 0.0556. The fourth-order valence-corrected chi connectivity index (χ4v) is 2.94. The zero-order valence-electron chi connectivity index (χ0n) is 13.1. The summed E-state index contributed by atoms with van der Waals surface area (Å²) in [6.45, 7) is 0.409. The van der Waals surface area contributed by atoms with E-state index in [4.69, 9.17) is 0 Å². The van der Waals surface area contributed by atoms with Crippen LogP contribution in [0, 0.1) is 0 Å². The Bertz CT molecular complexity index is 1010. The second kappa shape index (κ2) is 6.74. The molecule has 1 N–H and O–H groups in total. The first-order valence-electron chi connectivity index (χ1n) is 7.65. The summed E-state index contributed by atoms with van der Waals surface area (Å²) in [5.41, 5.74) is 4.85. The van der Waals surface area contributed by atoms with Crippen LogP contribution in [0.3, 0.4) is 0 Å².